The van der Waals surface area contributed by atoms with Gasteiger partial charge in [-0.2, -0.15) is 0 Å². The third kappa shape index (κ3) is 31.5. The molecule has 0 nitrogen and oxygen atoms in total. The molecule has 188 valence electrons. The van der Waals surface area contributed by atoms with E-state index in [-0.39, 0.29) is 0 Å². The maximum atomic E-state index is 2.54. The summed E-state index contributed by atoms with van der Waals surface area (Å²) in [6, 6.07) is 0. The molecule has 0 heterocycles. The van der Waals surface area contributed by atoms with Crippen LogP contribution in [0.4, 0.5) is 0 Å². The minimum Gasteiger partial charge on any atom is -0.0710 e. The highest BCUT2D eigenvalue weighted by Gasteiger charge is 1.98. The van der Waals surface area contributed by atoms with Crippen LogP contribution in [0.1, 0.15) is 180 Å². The van der Waals surface area contributed by atoms with Crippen LogP contribution in [0.2, 0.25) is 0 Å². The number of unbranched alkanes of at least 4 members (excludes halogenated alkanes) is 25. The van der Waals surface area contributed by atoms with Crippen molar-refractivity contribution in [2.75, 3.05) is 0 Å². The van der Waals surface area contributed by atoms with Gasteiger partial charge in [-0.1, -0.05) is 219 Å². The lowest BCUT2D eigenvalue weighted by Crippen LogP contribution is -1.86. The molecule has 0 rings (SSSR count). The molecule has 0 fully saturated rings. The largest absolute Gasteiger partial charge is 0.0710 e. The first kappa shape index (κ1) is 32.5. The fraction of sp³-hybridized carbons (Fsp3) is 1.00. The molecular formula is C29H58I2. The molecular weight excluding hydrogens is 602 g/mol. The molecule has 2 heteroatoms. The zero-order valence-electron chi connectivity index (χ0n) is 21.4. The Kier molecular flexibility index (Phi) is 30.9. The molecule has 0 saturated carbocycles. The summed E-state index contributed by atoms with van der Waals surface area (Å²) >= 11 is 5.08. The van der Waals surface area contributed by atoms with Crippen molar-refractivity contribution in [2.45, 2.75) is 182 Å². The molecule has 0 aliphatic heterocycles. The second-order valence-electron chi connectivity index (χ2n) is 10.0. The fourth-order valence-electron chi connectivity index (χ4n) is 4.61. The predicted octanol–water partition coefficient (Wildman–Crippen LogP) is 12.7. The van der Waals surface area contributed by atoms with Crippen LogP contribution in [0, 0.1) is 0 Å². The minimum absolute atomic E-state index is 0.838. The topological polar surface area (TPSA) is 0 Å². The molecule has 0 aromatic heterocycles. The second kappa shape index (κ2) is 29.5. The van der Waals surface area contributed by atoms with E-state index >= 15 is 0 Å². The van der Waals surface area contributed by atoms with E-state index in [0.29, 0.717) is 0 Å². The number of hydrogen-bond acceptors (Lipinski definition) is 0. The Morgan fingerprint density at radius 3 is 0.710 bits per heavy atom. The van der Waals surface area contributed by atoms with Gasteiger partial charge in [0.25, 0.3) is 0 Å². The highest BCUT2D eigenvalue weighted by molar-refractivity contribution is 14.2. The first-order chi connectivity index (χ1) is 15.3. The van der Waals surface area contributed by atoms with E-state index in [0.717, 1.165) is 1.93 Å². The summed E-state index contributed by atoms with van der Waals surface area (Å²) in [5, 5.41) is 0. The first-order valence-electron chi connectivity index (χ1n) is 14.6. The maximum absolute atomic E-state index is 2.54. The number of alkyl halides is 2. The Hall–Kier alpha value is 1.46. The van der Waals surface area contributed by atoms with Crippen molar-refractivity contribution in [2.24, 2.45) is 0 Å². The van der Waals surface area contributed by atoms with Crippen molar-refractivity contribution < 1.29 is 0 Å². The molecule has 0 amide bonds. The second-order valence-corrected chi connectivity index (χ2v) is 15.4. The lowest BCUT2D eigenvalue weighted by molar-refractivity contribution is 0.515. The van der Waals surface area contributed by atoms with Gasteiger partial charge in [0.1, 0.15) is 0 Å². The molecule has 0 radical (unpaired) electrons. The molecule has 31 heavy (non-hydrogen) atoms. The average Bonchev–Trinajstić information content (AvgIpc) is 2.76. The van der Waals surface area contributed by atoms with Crippen molar-refractivity contribution in [3.05, 3.63) is 0 Å². The molecule has 0 N–H and O–H groups in total. The lowest BCUT2D eigenvalue weighted by Gasteiger charge is -2.04. The zero-order valence-corrected chi connectivity index (χ0v) is 25.7. The number of halogens is 2. The molecule has 0 spiro atoms. The van der Waals surface area contributed by atoms with Crippen LogP contribution in [0.5, 0.6) is 0 Å². The zero-order chi connectivity index (χ0) is 22.7. The Bertz CT molecular complexity index is 303. The van der Waals surface area contributed by atoms with Gasteiger partial charge in [0.15, 0.2) is 0 Å². The van der Waals surface area contributed by atoms with Crippen LogP contribution in [0.3, 0.4) is 0 Å². The van der Waals surface area contributed by atoms with E-state index in [1.807, 2.05) is 0 Å². The summed E-state index contributed by atoms with van der Waals surface area (Å²) in [5.74, 6) is 0. The number of rotatable bonds is 27. The quantitative estimate of drug-likeness (QED) is 0.0467. The monoisotopic (exact) mass is 660 g/mol. The summed E-state index contributed by atoms with van der Waals surface area (Å²) in [6.07, 6.45) is 39.8. The molecule has 0 aromatic rings. The summed E-state index contributed by atoms with van der Waals surface area (Å²) < 4.78 is 0.838. The standard InChI is InChI=1S/C29H58I2/c1-2-3-4-5-6-7-8-9-10-11-12-13-14-15-16-17-18-19-20-21-22-23-24-25-26-27-28-29(30)31/h29H,2-28H2,1H3. The maximum Gasteiger partial charge on any atom is 0.0626 e. The summed E-state index contributed by atoms with van der Waals surface area (Å²) in [5.41, 5.74) is 0. The van der Waals surface area contributed by atoms with Crippen LogP contribution in [0.25, 0.3) is 0 Å². The molecule has 0 aliphatic carbocycles. The highest BCUT2D eigenvalue weighted by Crippen LogP contribution is 2.19. The van der Waals surface area contributed by atoms with Crippen LogP contribution in [-0.2, 0) is 0 Å². The fourth-order valence-corrected chi connectivity index (χ4v) is 5.50. The summed E-state index contributed by atoms with van der Waals surface area (Å²) in [7, 11) is 0. The smallest absolute Gasteiger partial charge is 0.0626 e. The van der Waals surface area contributed by atoms with Gasteiger partial charge in [-0.25, -0.2) is 0 Å². The Labute approximate surface area is 225 Å². The highest BCUT2D eigenvalue weighted by atomic mass is 127. The predicted molar refractivity (Wildman–Crippen MR) is 162 cm³/mol. The van der Waals surface area contributed by atoms with Crippen molar-refractivity contribution in [1.29, 1.82) is 0 Å². The number of hydrogen-bond donors (Lipinski definition) is 0. The van der Waals surface area contributed by atoms with Gasteiger partial charge in [-0.3, -0.25) is 0 Å². The molecule has 0 unspecified atom stereocenters. The van der Waals surface area contributed by atoms with Crippen LogP contribution < -0.4 is 0 Å². The average molecular weight is 661 g/mol. The van der Waals surface area contributed by atoms with Crippen LogP contribution in [0.15, 0.2) is 0 Å². The first-order valence-corrected chi connectivity index (χ1v) is 17.0. The van der Waals surface area contributed by atoms with E-state index in [4.69, 9.17) is 0 Å². The van der Waals surface area contributed by atoms with E-state index in [1.165, 1.54) is 173 Å². The summed E-state index contributed by atoms with van der Waals surface area (Å²) in [6.45, 7) is 2.31. The van der Waals surface area contributed by atoms with Gasteiger partial charge in [-0.15, -0.1) is 0 Å². The molecule has 0 atom stereocenters. The van der Waals surface area contributed by atoms with Crippen molar-refractivity contribution >= 4 is 45.2 Å². The summed E-state index contributed by atoms with van der Waals surface area (Å²) in [4.78, 5) is 0. The van der Waals surface area contributed by atoms with Gasteiger partial charge >= 0.3 is 0 Å². The van der Waals surface area contributed by atoms with Gasteiger partial charge < -0.3 is 0 Å². The van der Waals surface area contributed by atoms with Gasteiger partial charge in [0.05, 0.1) is 1.93 Å². The van der Waals surface area contributed by atoms with Gasteiger partial charge in [0, 0.05) is 0 Å². The van der Waals surface area contributed by atoms with Crippen molar-refractivity contribution in [3.63, 3.8) is 0 Å². The van der Waals surface area contributed by atoms with Crippen LogP contribution >= 0.6 is 45.2 Å². The third-order valence-electron chi connectivity index (χ3n) is 6.78. The van der Waals surface area contributed by atoms with Gasteiger partial charge in [0.2, 0.25) is 0 Å². The molecule has 0 saturated heterocycles. The lowest BCUT2D eigenvalue weighted by atomic mass is 10.0. The third-order valence-corrected chi connectivity index (χ3v) is 8.02. The van der Waals surface area contributed by atoms with Crippen molar-refractivity contribution in [3.8, 4) is 0 Å². The Balaban J connectivity index is 2.99. The van der Waals surface area contributed by atoms with Crippen molar-refractivity contribution in [1.82, 2.24) is 0 Å². The van der Waals surface area contributed by atoms with E-state index in [2.05, 4.69) is 52.1 Å². The van der Waals surface area contributed by atoms with Crippen LogP contribution in [-0.4, -0.2) is 1.93 Å². The normalized spacial score (nSPS) is 11.6. The van der Waals surface area contributed by atoms with E-state index < -0.39 is 0 Å². The Morgan fingerprint density at radius 2 is 0.516 bits per heavy atom. The van der Waals surface area contributed by atoms with E-state index in [1.54, 1.807) is 0 Å². The van der Waals surface area contributed by atoms with Gasteiger partial charge in [-0.05, 0) is 6.42 Å². The molecule has 0 aliphatic rings. The SMILES string of the molecule is CCCCCCCCCCCCCCCCCCCCCCCCCCCCC(I)I. The Morgan fingerprint density at radius 1 is 0.323 bits per heavy atom. The minimum atomic E-state index is 0.838. The molecule has 0 aromatic carbocycles. The van der Waals surface area contributed by atoms with E-state index in [9.17, 15) is 0 Å². The molecule has 0 bridgehead atoms.